The zero-order valence-electron chi connectivity index (χ0n) is 21.8. The van der Waals surface area contributed by atoms with E-state index in [0.29, 0.717) is 0 Å². The van der Waals surface area contributed by atoms with Crippen LogP contribution >= 0.6 is 0 Å². The zero-order valence-corrected chi connectivity index (χ0v) is 21.8. The summed E-state index contributed by atoms with van der Waals surface area (Å²) in [4.78, 5) is 2.29. The Morgan fingerprint density at radius 2 is 0.925 bits per heavy atom. The molecule has 2 nitrogen and oxygen atoms in total. The first-order valence-corrected chi connectivity index (χ1v) is 13.6. The molecule has 0 N–H and O–H groups in total. The highest BCUT2D eigenvalue weighted by molar-refractivity contribution is 6.10. The van der Waals surface area contributed by atoms with Crippen molar-refractivity contribution in [3.8, 4) is 11.1 Å². The maximum atomic E-state index is 6.41. The molecule has 0 bridgehead atoms. The van der Waals surface area contributed by atoms with Gasteiger partial charge in [0.05, 0.1) is 0 Å². The Morgan fingerprint density at radius 1 is 0.350 bits per heavy atom. The van der Waals surface area contributed by atoms with E-state index in [4.69, 9.17) is 4.42 Å². The van der Waals surface area contributed by atoms with Crippen LogP contribution in [0.25, 0.3) is 54.6 Å². The second kappa shape index (κ2) is 9.14. The Hall–Kier alpha value is -5.34. The molecule has 8 rings (SSSR count). The van der Waals surface area contributed by atoms with E-state index in [0.717, 1.165) is 39.0 Å². The minimum absolute atomic E-state index is 0.886. The largest absolute Gasteiger partial charge is 0.456 e. The van der Waals surface area contributed by atoms with Gasteiger partial charge in [-0.2, -0.15) is 0 Å². The summed E-state index contributed by atoms with van der Waals surface area (Å²) in [5.74, 6) is 0. The lowest BCUT2D eigenvalue weighted by Gasteiger charge is -2.25. The number of nitrogens with zero attached hydrogens (tertiary/aromatic N) is 1. The molecule has 0 unspecified atom stereocenters. The first-order valence-electron chi connectivity index (χ1n) is 13.6. The Bertz CT molecular complexity index is 2160. The predicted molar refractivity (Wildman–Crippen MR) is 169 cm³/mol. The quantitative estimate of drug-likeness (QED) is 0.234. The van der Waals surface area contributed by atoms with Gasteiger partial charge in [0.15, 0.2) is 0 Å². The first kappa shape index (κ1) is 22.6. The van der Waals surface area contributed by atoms with Crippen LogP contribution in [-0.2, 0) is 0 Å². The summed E-state index contributed by atoms with van der Waals surface area (Å²) in [5.41, 5.74) is 7.46. The van der Waals surface area contributed by atoms with E-state index in [1.165, 1.54) is 32.7 Å². The van der Waals surface area contributed by atoms with Crippen LogP contribution in [0.5, 0.6) is 0 Å². The summed E-state index contributed by atoms with van der Waals surface area (Å²) in [6, 6.07) is 53.8. The van der Waals surface area contributed by atoms with Crippen LogP contribution in [0.3, 0.4) is 0 Å². The second-order valence-corrected chi connectivity index (χ2v) is 10.3. The van der Waals surface area contributed by atoms with Crippen LogP contribution < -0.4 is 4.90 Å². The average Bonchev–Trinajstić information content (AvgIpc) is 3.37. The summed E-state index contributed by atoms with van der Waals surface area (Å²) < 4.78 is 6.41. The van der Waals surface area contributed by atoms with Gasteiger partial charge in [-0.3, -0.25) is 0 Å². The molecule has 40 heavy (non-hydrogen) atoms. The van der Waals surface area contributed by atoms with Gasteiger partial charge < -0.3 is 9.32 Å². The molecule has 188 valence electrons. The molecule has 0 saturated heterocycles. The van der Waals surface area contributed by atoms with Gasteiger partial charge in [-0.05, 0) is 87.3 Å². The summed E-state index contributed by atoms with van der Waals surface area (Å²) in [6.45, 7) is 0. The minimum atomic E-state index is 0.886. The lowest BCUT2D eigenvalue weighted by molar-refractivity contribution is 0.669. The van der Waals surface area contributed by atoms with Gasteiger partial charge in [-0.25, -0.2) is 0 Å². The fourth-order valence-electron chi connectivity index (χ4n) is 5.79. The average molecular weight is 512 g/mol. The zero-order chi connectivity index (χ0) is 26.5. The summed E-state index contributed by atoms with van der Waals surface area (Å²) >= 11 is 0. The standard InChI is InChI=1S/C38H25NO/c1-2-12-32(13-3-1)39(33-18-16-27(17-19-33)31-15-14-26-8-4-5-9-28(26)22-31)34-20-21-35-36-23-29-10-6-7-11-30(29)24-37(36)40-38(35)25-34/h1-25H. The molecule has 1 heterocycles. The molecule has 8 aromatic rings. The molecule has 0 radical (unpaired) electrons. The summed E-state index contributed by atoms with van der Waals surface area (Å²) in [7, 11) is 0. The molecular weight excluding hydrogens is 486 g/mol. The first-order chi connectivity index (χ1) is 19.8. The van der Waals surface area contributed by atoms with Crippen LogP contribution in [0.2, 0.25) is 0 Å². The summed E-state index contributed by atoms with van der Waals surface area (Å²) in [5, 5.41) is 7.19. The minimum Gasteiger partial charge on any atom is -0.456 e. The number of hydrogen-bond donors (Lipinski definition) is 0. The molecule has 0 aliphatic rings. The van der Waals surface area contributed by atoms with E-state index in [1.54, 1.807) is 0 Å². The van der Waals surface area contributed by atoms with Crippen LogP contribution in [0, 0.1) is 0 Å². The summed E-state index contributed by atoms with van der Waals surface area (Å²) in [6.07, 6.45) is 0. The third-order valence-electron chi connectivity index (χ3n) is 7.80. The Balaban J connectivity index is 1.23. The number of anilines is 3. The third-order valence-corrected chi connectivity index (χ3v) is 7.80. The van der Waals surface area contributed by atoms with Crippen molar-refractivity contribution in [3.05, 3.63) is 152 Å². The van der Waals surface area contributed by atoms with Gasteiger partial charge in [0.25, 0.3) is 0 Å². The van der Waals surface area contributed by atoms with Crippen molar-refractivity contribution in [3.63, 3.8) is 0 Å². The van der Waals surface area contributed by atoms with E-state index in [1.807, 2.05) is 0 Å². The topological polar surface area (TPSA) is 16.4 Å². The fraction of sp³-hybridized carbons (Fsp3) is 0. The number of fused-ring (bicyclic) bond motifs is 5. The molecule has 0 atom stereocenters. The highest BCUT2D eigenvalue weighted by Crippen LogP contribution is 2.39. The lowest BCUT2D eigenvalue weighted by Crippen LogP contribution is -2.09. The van der Waals surface area contributed by atoms with Crippen molar-refractivity contribution in [2.75, 3.05) is 4.90 Å². The Labute approximate surface area is 232 Å². The Morgan fingerprint density at radius 3 is 1.70 bits per heavy atom. The molecule has 0 fully saturated rings. The highest BCUT2D eigenvalue weighted by Gasteiger charge is 2.16. The molecule has 1 aromatic heterocycles. The number of para-hydroxylation sites is 1. The molecule has 7 aromatic carbocycles. The van der Waals surface area contributed by atoms with Crippen molar-refractivity contribution in [2.45, 2.75) is 0 Å². The van der Waals surface area contributed by atoms with Gasteiger partial charge >= 0.3 is 0 Å². The number of hydrogen-bond acceptors (Lipinski definition) is 2. The van der Waals surface area contributed by atoms with Gasteiger partial charge in [-0.15, -0.1) is 0 Å². The van der Waals surface area contributed by atoms with Crippen molar-refractivity contribution in [2.24, 2.45) is 0 Å². The van der Waals surface area contributed by atoms with E-state index in [2.05, 4.69) is 157 Å². The SMILES string of the molecule is c1ccc(N(c2ccc(-c3ccc4ccccc4c3)cc2)c2ccc3c(c2)oc2cc4ccccc4cc23)cc1. The maximum absolute atomic E-state index is 6.41. The normalized spacial score (nSPS) is 11.5. The van der Waals surface area contributed by atoms with Crippen LogP contribution in [0.1, 0.15) is 0 Å². The monoisotopic (exact) mass is 511 g/mol. The number of rotatable bonds is 4. The third kappa shape index (κ3) is 3.81. The fourth-order valence-corrected chi connectivity index (χ4v) is 5.79. The van der Waals surface area contributed by atoms with Gasteiger partial charge in [0, 0.05) is 33.9 Å². The number of furan rings is 1. The Kier molecular flexibility index (Phi) is 5.17. The highest BCUT2D eigenvalue weighted by atomic mass is 16.3. The maximum Gasteiger partial charge on any atom is 0.137 e. The van der Waals surface area contributed by atoms with E-state index >= 15 is 0 Å². The van der Waals surface area contributed by atoms with Crippen LogP contribution in [0.4, 0.5) is 17.1 Å². The molecule has 0 aliphatic carbocycles. The molecule has 0 saturated carbocycles. The van der Waals surface area contributed by atoms with Gasteiger partial charge in [0.2, 0.25) is 0 Å². The second-order valence-electron chi connectivity index (χ2n) is 10.3. The van der Waals surface area contributed by atoms with Crippen molar-refractivity contribution >= 4 is 60.5 Å². The van der Waals surface area contributed by atoms with Crippen LogP contribution in [0.15, 0.2) is 156 Å². The molecular formula is C38H25NO. The lowest BCUT2D eigenvalue weighted by atomic mass is 10.0. The molecule has 0 spiro atoms. The van der Waals surface area contributed by atoms with E-state index < -0.39 is 0 Å². The van der Waals surface area contributed by atoms with E-state index in [9.17, 15) is 0 Å². The molecule has 2 heteroatoms. The van der Waals surface area contributed by atoms with Crippen molar-refractivity contribution in [1.29, 1.82) is 0 Å². The van der Waals surface area contributed by atoms with Crippen molar-refractivity contribution in [1.82, 2.24) is 0 Å². The van der Waals surface area contributed by atoms with Crippen LogP contribution in [-0.4, -0.2) is 0 Å². The number of benzene rings is 7. The smallest absolute Gasteiger partial charge is 0.137 e. The van der Waals surface area contributed by atoms with Gasteiger partial charge in [0.1, 0.15) is 11.2 Å². The van der Waals surface area contributed by atoms with Crippen molar-refractivity contribution < 1.29 is 4.42 Å². The van der Waals surface area contributed by atoms with Gasteiger partial charge in [-0.1, -0.05) is 91.0 Å². The molecule has 0 amide bonds. The predicted octanol–water partition coefficient (Wildman–Crippen LogP) is 11.0. The van der Waals surface area contributed by atoms with E-state index in [-0.39, 0.29) is 0 Å². The molecule has 0 aliphatic heterocycles.